The van der Waals surface area contributed by atoms with Gasteiger partial charge in [-0.05, 0) is 43.7 Å². The van der Waals surface area contributed by atoms with Crippen LogP contribution < -0.4 is 25.5 Å². The molecule has 0 aliphatic heterocycles. The topological polar surface area (TPSA) is 118 Å². The average molecular weight is 412 g/mol. The summed E-state index contributed by atoms with van der Waals surface area (Å²) in [6.07, 6.45) is -0.0883. The Morgan fingerprint density at radius 2 is 1.73 bits per heavy atom. The molecule has 9 nitrogen and oxygen atoms in total. The fraction of sp³-hybridized carbons (Fsp3) is 0.238. The van der Waals surface area contributed by atoms with Crippen molar-refractivity contribution in [1.82, 2.24) is 5.43 Å². The van der Waals surface area contributed by atoms with E-state index in [9.17, 15) is 14.4 Å². The number of ether oxygens (including phenoxy) is 2. The number of methoxy groups -OCH3 is 2. The summed E-state index contributed by atoms with van der Waals surface area (Å²) in [5.41, 5.74) is 4.38. The molecule has 0 unspecified atom stereocenters. The predicted molar refractivity (Wildman–Crippen MR) is 114 cm³/mol. The number of hydrogen-bond acceptors (Lipinski definition) is 6. The Morgan fingerprint density at radius 1 is 0.967 bits per heavy atom. The molecular weight excluding hydrogens is 388 g/mol. The van der Waals surface area contributed by atoms with Crippen molar-refractivity contribution < 1.29 is 23.9 Å². The van der Waals surface area contributed by atoms with Gasteiger partial charge in [0.15, 0.2) is 0 Å². The monoisotopic (exact) mass is 412 g/mol. The normalized spacial score (nSPS) is 10.7. The Bertz CT molecular complexity index is 972. The van der Waals surface area contributed by atoms with E-state index in [4.69, 9.17) is 9.47 Å². The lowest BCUT2D eigenvalue weighted by atomic mass is 10.2. The Kier molecular flexibility index (Phi) is 7.92. The molecule has 0 atom stereocenters. The highest BCUT2D eigenvalue weighted by atomic mass is 16.5. The molecule has 0 radical (unpaired) electrons. The molecule has 0 aliphatic carbocycles. The number of carbonyl (C=O) groups is 3. The summed E-state index contributed by atoms with van der Waals surface area (Å²) in [7, 11) is 3.01. The van der Waals surface area contributed by atoms with Gasteiger partial charge in [-0.2, -0.15) is 5.10 Å². The van der Waals surface area contributed by atoms with Crippen molar-refractivity contribution in [2.24, 2.45) is 5.10 Å². The van der Waals surface area contributed by atoms with E-state index in [1.807, 2.05) is 13.0 Å². The van der Waals surface area contributed by atoms with Crippen molar-refractivity contribution in [2.45, 2.75) is 20.3 Å². The third-order valence-corrected chi connectivity index (χ3v) is 3.93. The lowest BCUT2D eigenvalue weighted by molar-refractivity contribution is -0.136. The molecule has 2 aromatic carbocycles. The molecule has 0 saturated carbocycles. The van der Waals surface area contributed by atoms with E-state index < -0.39 is 11.8 Å². The van der Waals surface area contributed by atoms with Gasteiger partial charge in [-0.15, -0.1) is 0 Å². The van der Waals surface area contributed by atoms with Crippen LogP contribution in [-0.4, -0.2) is 37.7 Å². The highest BCUT2D eigenvalue weighted by Gasteiger charge is 2.14. The van der Waals surface area contributed by atoms with Crippen LogP contribution in [0.5, 0.6) is 11.5 Å². The van der Waals surface area contributed by atoms with Crippen LogP contribution in [0.15, 0.2) is 47.6 Å². The van der Waals surface area contributed by atoms with Gasteiger partial charge in [0.05, 0.1) is 26.3 Å². The van der Waals surface area contributed by atoms with Gasteiger partial charge >= 0.3 is 11.8 Å². The quantitative estimate of drug-likeness (QED) is 0.367. The second kappa shape index (κ2) is 10.6. The van der Waals surface area contributed by atoms with Gasteiger partial charge in [0.25, 0.3) is 0 Å². The van der Waals surface area contributed by atoms with E-state index in [-0.39, 0.29) is 12.3 Å². The lowest BCUT2D eigenvalue weighted by Gasteiger charge is -2.11. The number of hydrazone groups is 1. The van der Waals surface area contributed by atoms with E-state index in [1.54, 1.807) is 43.3 Å². The zero-order valence-electron chi connectivity index (χ0n) is 17.2. The Hall–Kier alpha value is -3.88. The first-order chi connectivity index (χ1) is 14.3. The minimum absolute atomic E-state index is 0.0883. The minimum atomic E-state index is -0.937. The number of hydrogen-bond donors (Lipinski definition) is 3. The fourth-order valence-electron chi connectivity index (χ4n) is 2.48. The van der Waals surface area contributed by atoms with Crippen LogP contribution in [0.25, 0.3) is 0 Å². The van der Waals surface area contributed by atoms with Crippen LogP contribution in [0, 0.1) is 6.92 Å². The molecule has 2 rings (SSSR count). The van der Waals surface area contributed by atoms with Gasteiger partial charge < -0.3 is 20.1 Å². The van der Waals surface area contributed by atoms with Gasteiger partial charge in [-0.3, -0.25) is 14.4 Å². The van der Waals surface area contributed by atoms with Gasteiger partial charge in [-0.1, -0.05) is 12.1 Å². The molecule has 3 amide bonds. The molecule has 0 saturated heterocycles. The second-order valence-corrected chi connectivity index (χ2v) is 6.40. The maximum Gasteiger partial charge on any atom is 0.329 e. The fourth-order valence-corrected chi connectivity index (χ4v) is 2.48. The molecule has 0 fully saturated rings. The standard InChI is InChI=1S/C21H24N4O5/c1-13-6-5-7-15(10-13)22-20(27)21(28)25-24-14(2)11-19(26)23-17-9-8-16(29-3)12-18(17)30-4/h5-10,12H,11H2,1-4H3,(H,22,27)(H,23,26)(H,25,28)/b24-14+. The van der Waals surface area contributed by atoms with Crippen LogP contribution in [0.4, 0.5) is 11.4 Å². The van der Waals surface area contributed by atoms with Crippen LogP contribution in [-0.2, 0) is 14.4 Å². The second-order valence-electron chi connectivity index (χ2n) is 6.40. The van der Waals surface area contributed by atoms with Crippen LogP contribution in [0.2, 0.25) is 0 Å². The summed E-state index contributed by atoms with van der Waals surface area (Å²) in [6, 6.07) is 12.0. The van der Waals surface area contributed by atoms with Gasteiger partial charge in [-0.25, -0.2) is 5.43 Å². The number of aryl methyl sites for hydroxylation is 1. The molecule has 30 heavy (non-hydrogen) atoms. The molecule has 3 N–H and O–H groups in total. The molecule has 9 heteroatoms. The molecule has 0 aliphatic rings. The van der Waals surface area contributed by atoms with Crippen molar-refractivity contribution in [2.75, 3.05) is 24.9 Å². The highest BCUT2D eigenvalue weighted by molar-refractivity contribution is 6.39. The molecule has 158 valence electrons. The zero-order valence-corrected chi connectivity index (χ0v) is 17.2. The Balaban J connectivity index is 1.89. The zero-order chi connectivity index (χ0) is 22.1. The van der Waals surface area contributed by atoms with Crippen LogP contribution >= 0.6 is 0 Å². The van der Waals surface area contributed by atoms with Gasteiger partial charge in [0.1, 0.15) is 11.5 Å². The Morgan fingerprint density at radius 3 is 2.40 bits per heavy atom. The smallest absolute Gasteiger partial charge is 0.329 e. The summed E-state index contributed by atoms with van der Waals surface area (Å²) in [4.78, 5) is 36.1. The van der Waals surface area contributed by atoms with Crippen molar-refractivity contribution in [3.05, 3.63) is 48.0 Å². The maximum atomic E-state index is 12.2. The lowest BCUT2D eigenvalue weighted by Crippen LogP contribution is -2.33. The van der Waals surface area contributed by atoms with Crippen LogP contribution in [0.1, 0.15) is 18.9 Å². The predicted octanol–water partition coefficient (Wildman–Crippen LogP) is 2.47. The third-order valence-electron chi connectivity index (χ3n) is 3.93. The molecule has 0 heterocycles. The first-order valence-corrected chi connectivity index (χ1v) is 9.05. The van der Waals surface area contributed by atoms with Crippen molar-refractivity contribution >= 4 is 34.8 Å². The average Bonchev–Trinajstić information content (AvgIpc) is 2.72. The van der Waals surface area contributed by atoms with Crippen molar-refractivity contribution in [3.8, 4) is 11.5 Å². The number of amides is 3. The maximum absolute atomic E-state index is 12.2. The van der Waals surface area contributed by atoms with E-state index in [2.05, 4.69) is 21.2 Å². The third kappa shape index (κ3) is 6.62. The summed E-state index contributed by atoms with van der Waals surface area (Å²) in [6.45, 7) is 3.43. The van der Waals surface area contributed by atoms with Crippen molar-refractivity contribution in [1.29, 1.82) is 0 Å². The summed E-state index contributed by atoms with van der Waals surface area (Å²) < 4.78 is 10.3. The van der Waals surface area contributed by atoms with Crippen LogP contribution in [0.3, 0.4) is 0 Å². The number of benzene rings is 2. The summed E-state index contributed by atoms with van der Waals surface area (Å²) in [5, 5.41) is 8.98. The van der Waals surface area contributed by atoms with E-state index in [0.29, 0.717) is 28.6 Å². The molecule has 0 bridgehead atoms. The SMILES string of the molecule is COc1ccc(NC(=O)C/C(C)=N/NC(=O)C(=O)Nc2cccc(C)c2)c(OC)c1. The summed E-state index contributed by atoms with van der Waals surface area (Å²) >= 11 is 0. The minimum Gasteiger partial charge on any atom is -0.497 e. The molecular formula is C21H24N4O5. The molecule has 0 aromatic heterocycles. The molecule has 0 spiro atoms. The number of rotatable bonds is 7. The van der Waals surface area contributed by atoms with E-state index in [0.717, 1.165) is 5.56 Å². The Labute approximate surface area is 174 Å². The number of nitrogens with one attached hydrogen (secondary N) is 3. The van der Waals surface area contributed by atoms with E-state index in [1.165, 1.54) is 14.2 Å². The highest BCUT2D eigenvalue weighted by Crippen LogP contribution is 2.29. The largest absolute Gasteiger partial charge is 0.497 e. The number of anilines is 2. The number of carbonyl (C=O) groups excluding carboxylic acids is 3. The van der Waals surface area contributed by atoms with Gasteiger partial charge in [0.2, 0.25) is 5.91 Å². The first kappa shape index (κ1) is 22.4. The van der Waals surface area contributed by atoms with E-state index >= 15 is 0 Å². The van der Waals surface area contributed by atoms with Crippen molar-refractivity contribution in [3.63, 3.8) is 0 Å². The van der Waals surface area contributed by atoms with Gasteiger partial charge in [0, 0.05) is 17.5 Å². The molecule has 2 aromatic rings. The number of nitrogens with zero attached hydrogens (tertiary/aromatic N) is 1. The first-order valence-electron chi connectivity index (χ1n) is 9.05. The summed E-state index contributed by atoms with van der Waals surface area (Å²) in [5.74, 6) is -1.12.